The number of likely N-dealkylation sites (N-methyl/N-ethyl adjacent to an activating group) is 1. The number of nitrogens with zero attached hydrogens (tertiary/aromatic N) is 1. The highest BCUT2D eigenvalue weighted by molar-refractivity contribution is 5.76. The predicted octanol–water partition coefficient (Wildman–Crippen LogP) is 3.43. The molecule has 1 N–H and O–H groups in total. The number of hydrogen-bond acceptors (Lipinski definition) is 1. The van der Waals surface area contributed by atoms with Crippen molar-refractivity contribution in [3.8, 4) is 0 Å². The van der Waals surface area contributed by atoms with Gasteiger partial charge >= 0.3 is 6.03 Å². The number of carbonyl (C=O) groups is 1. The zero-order valence-corrected chi connectivity index (χ0v) is 11.6. The molecule has 1 saturated heterocycles. The summed E-state index contributed by atoms with van der Waals surface area (Å²) >= 11 is 0. The third-order valence-electron chi connectivity index (χ3n) is 4.52. The van der Waals surface area contributed by atoms with Gasteiger partial charge in [0.15, 0.2) is 0 Å². The van der Waals surface area contributed by atoms with Crippen LogP contribution in [0.2, 0.25) is 0 Å². The van der Waals surface area contributed by atoms with E-state index in [2.05, 4.69) is 29.6 Å². The molecule has 1 aromatic carbocycles. The first-order valence-electron chi connectivity index (χ1n) is 7.35. The van der Waals surface area contributed by atoms with E-state index in [0.29, 0.717) is 0 Å². The Balaban J connectivity index is 1.70. The van der Waals surface area contributed by atoms with Crippen molar-refractivity contribution in [2.75, 3.05) is 13.6 Å². The molecule has 0 radical (unpaired) electrons. The van der Waals surface area contributed by atoms with E-state index in [4.69, 9.17) is 0 Å². The molecule has 1 unspecified atom stereocenters. The monoisotopic (exact) mass is 258 g/mol. The smallest absolute Gasteiger partial charge is 0.317 e. The van der Waals surface area contributed by atoms with Crippen LogP contribution in [0.15, 0.2) is 24.3 Å². The van der Waals surface area contributed by atoms with Crippen molar-refractivity contribution >= 4 is 6.03 Å². The molecule has 102 valence electrons. The van der Waals surface area contributed by atoms with Gasteiger partial charge in [-0.2, -0.15) is 0 Å². The van der Waals surface area contributed by atoms with E-state index >= 15 is 0 Å². The summed E-state index contributed by atoms with van der Waals surface area (Å²) < 4.78 is 0. The summed E-state index contributed by atoms with van der Waals surface area (Å²) in [4.78, 5) is 13.2. The van der Waals surface area contributed by atoms with Crippen LogP contribution in [0.4, 0.5) is 4.79 Å². The minimum Gasteiger partial charge on any atom is -0.329 e. The van der Waals surface area contributed by atoms with Gasteiger partial charge in [0.2, 0.25) is 0 Å². The molecule has 2 fully saturated rings. The van der Waals surface area contributed by atoms with Crippen molar-refractivity contribution in [2.24, 2.45) is 0 Å². The highest BCUT2D eigenvalue weighted by Crippen LogP contribution is 2.33. The van der Waals surface area contributed by atoms with Crippen LogP contribution in [0.3, 0.4) is 0 Å². The van der Waals surface area contributed by atoms with Crippen LogP contribution in [0.25, 0.3) is 0 Å². The minimum atomic E-state index is 0.0290. The quantitative estimate of drug-likeness (QED) is 0.866. The van der Waals surface area contributed by atoms with Crippen molar-refractivity contribution < 1.29 is 4.79 Å². The van der Waals surface area contributed by atoms with E-state index < -0.39 is 0 Å². The highest BCUT2D eigenvalue weighted by atomic mass is 16.2. The summed E-state index contributed by atoms with van der Waals surface area (Å²) in [7, 11) is 1.84. The highest BCUT2D eigenvalue weighted by Gasteiger charge is 2.26. The molecule has 1 saturated carbocycles. The maximum atomic E-state index is 11.5. The van der Waals surface area contributed by atoms with Crippen molar-refractivity contribution in [1.29, 1.82) is 0 Å². The summed E-state index contributed by atoms with van der Waals surface area (Å²) in [6.45, 7) is 0.765. The molecule has 0 aromatic heterocycles. The van der Waals surface area contributed by atoms with Crippen molar-refractivity contribution in [3.05, 3.63) is 35.4 Å². The molecule has 1 atom stereocenters. The van der Waals surface area contributed by atoms with Gasteiger partial charge in [0.1, 0.15) is 0 Å². The average molecular weight is 258 g/mol. The second-order valence-corrected chi connectivity index (χ2v) is 5.88. The molecular weight excluding hydrogens is 236 g/mol. The van der Waals surface area contributed by atoms with Gasteiger partial charge in [0.25, 0.3) is 0 Å². The van der Waals surface area contributed by atoms with Gasteiger partial charge in [-0.3, -0.25) is 0 Å². The Morgan fingerprint density at radius 2 is 1.68 bits per heavy atom. The van der Waals surface area contributed by atoms with Crippen molar-refractivity contribution in [2.45, 2.75) is 44.1 Å². The van der Waals surface area contributed by atoms with Gasteiger partial charge in [-0.05, 0) is 29.9 Å². The number of nitrogens with one attached hydrogen (secondary N) is 1. The van der Waals surface area contributed by atoms with Crippen LogP contribution in [-0.4, -0.2) is 24.5 Å². The van der Waals surface area contributed by atoms with Crippen molar-refractivity contribution in [1.82, 2.24) is 10.2 Å². The summed E-state index contributed by atoms with van der Waals surface area (Å²) in [6.07, 6.45) is 6.81. The van der Waals surface area contributed by atoms with E-state index in [1.165, 1.54) is 43.2 Å². The number of benzene rings is 1. The van der Waals surface area contributed by atoms with E-state index in [1.807, 2.05) is 7.05 Å². The number of amides is 2. The van der Waals surface area contributed by atoms with E-state index in [-0.39, 0.29) is 12.1 Å². The molecule has 1 aliphatic heterocycles. The van der Waals surface area contributed by atoms with Gasteiger partial charge in [-0.25, -0.2) is 4.79 Å². The molecule has 2 aliphatic rings. The SMILES string of the molecule is CN1CC(c2ccc(C3CCCCC3)cc2)NC1=O. The Hall–Kier alpha value is -1.51. The largest absolute Gasteiger partial charge is 0.329 e. The fourth-order valence-corrected chi connectivity index (χ4v) is 3.29. The second kappa shape index (κ2) is 5.24. The topological polar surface area (TPSA) is 32.3 Å². The lowest BCUT2D eigenvalue weighted by atomic mass is 9.84. The zero-order chi connectivity index (χ0) is 13.2. The number of urea groups is 1. The summed E-state index contributed by atoms with van der Waals surface area (Å²) in [5.74, 6) is 0.753. The van der Waals surface area contributed by atoms with E-state index in [1.54, 1.807) is 4.90 Å². The molecule has 19 heavy (non-hydrogen) atoms. The number of rotatable bonds is 2. The first-order chi connectivity index (χ1) is 9.24. The summed E-state index contributed by atoms with van der Waals surface area (Å²) in [5, 5.41) is 3.01. The predicted molar refractivity (Wildman–Crippen MR) is 76.2 cm³/mol. The third kappa shape index (κ3) is 2.60. The Morgan fingerprint density at radius 3 is 2.26 bits per heavy atom. The lowest BCUT2D eigenvalue weighted by molar-refractivity contribution is 0.226. The lowest BCUT2D eigenvalue weighted by Crippen LogP contribution is -2.23. The fourth-order valence-electron chi connectivity index (χ4n) is 3.29. The molecular formula is C16H22N2O. The van der Waals surface area contributed by atoms with Crippen LogP contribution < -0.4 is 5.32 Å². The summed E-state index contributed by atoms with van der Waals surface area (Å²) in [5.41, 5.74) is 2.69. The summed E-state index contributed by atoms with van der Waals surface area (Å²) in [6, 6.07) is 9.08. The Bertz CT molecular complexity index is 448. The van der Waals surface area contributed by atoms with Crippen LogP contribution in [0, 0.1) is 0 Å². The zero-order valence-electron chi connectivity index (χ0n) is 11.6. The lowest BCUT2D eigenvalue weighted by Gasteiger charge is -2.22. The number of hydrogen-bond donors (Lipinski definition) is 1. The first kappa shape index (κ1) is 12.5. The second-order valence-electron chi connectivity index (χ2n) is 5.88. The van der Waals surface area contributed by atoms with Gasteiger partial charge < -0.3 is 10.2 Å². The minimum absolute atomic E-state index is 0.0290. The Labute approximate surface area is 115 Å². The van der Waals surface area contributed by atoms with Crippen LogP contribution in [0.5, 0.6) is 0 Å². The van der Waals surface area contributed by atoms with E-state index in [9.17, 15) is 4.79 Å². The van der Waals surface area contributed by atoms with Crippen LogP contribution in [0.1, 0.15) is 55.2 Å². The maximum Gasteiger partial charge on any atom is 0.317 e. The molecule has 1 heterocycles. The standard InChI is InChI=1S/C16H22N2O/c1-18-11-15(17-16(18)19)14-9-7-13(8-10-14)12-5-3-2-4-6-12/h7-10,12,15H,2-6,11H2,1H3,(H,17,19). The third-order valence-corrected chi connectivity index (χ3v) is 4.52. The van der Waals surface area contributed by atoms with Gasteiger partial charge in [0, 0.05) is 13.6 Å². The van der Waals surface area contributed by atoms with Crippen LogP contribution in [-0.2, 0) is 0 Å². The normalized spacial score (nSPS) is 24.6. The fraction of sp³-hybridized carbons (Fsp3) is 0.562. The first-order valence-corrected chi connectivity index (χ1v) is 7.35. The van der Waals surface area contributed by atoms with Gasteiger partial charge in [-0.15, -0.1) is 0 Å². The average Bonchev–Trinajstić information content (AvgIpc) is 2.80. The molecule has 3 rings (SSSR count). The van der Waals surface area contributed by atoms with Gasteiger partial charge in [0.05, 0.1) is 6.04 Å². The van der Waals surface area contributed by atoms with Gasteiger partial charge in [-0.1, -0.05) is 43.5 Å². The molecule has 3 nitrogen and oxygen atoms in total. The molecule has 0 spiro atoms. The number of carbonyl (C=O) groups excluding carboxylic acids is 1. The molecule has 1 aliphatic carbocycles. The maximum absolute atomic E-state index is 11.5. The molecule has 2 amide bonds. The molecule has 1 aromatic rings. The van der Waals surface area contributed by atoms with Crippen LogP contribution >= 0.6 is 0 Å². The molecule has 0 bridgehead atoms. The van der Waals surface area contributed by atoms with Crippen molar-refractivity contribution in [3.63, 3.8) is 0 Å². The molecule has 3 heteroatoms. The Kier molecular flexibility index (Phi) is 3.45. The Morgan fingerprint density at radius 1 is 1.05 bits per heavy atom. The van der Waals surface area contributed by atoms with E-state index in [0.717, 1.165) is 12.5 Å².